The van der Waals surface area contributed by atoms with Crippen LogP contribution < -0.4 is 5.73 Å². The van der Waals surface area contributed by atoms with Gasteiger partial charge in [0.05, 0.1) is 0 Å². The Morgan fingerprint density at radius 1 is 1.35 bits per heavy atom. The van der Waals surface area contributed by atoms with E-state index in [1.807, 2.05) is 0 Å². The molecule has 4 heteroatoms. The molecule has 1 aliphatic heterocycles. The lowest BCUT2D eigenvalue weighted by molar-refractivity contribution is 0.138. The molecule has 0 spiro atoms. The van der Waals surface area contributed by atoms with Gasteiger partial charge in [-0.25, -0.2) is 0 Å². The van der Waals surface area contributed by atoms with E-state index < -0.39 is 0 Å². The van der Waals surface area contributed by atoms with E-state index in [0.29, 0.717) is 12.0 Å². The third-order valence-corrected chi connectivity index (χ3v) is 3.99. The fourth-order valence-electron chi connectivity index (χ4n) is 2.60. The lowest BCUT2D eigenvalue weighted by Crippen LogP contribution is -2.53. The van der Waals surface area contributed by atoms with Gasteiger partial charge in [0, 0.05) is 32.3 Å². The summed E-state index contributed by atoms with van der Waals surface area (Å²) in [5, 5.41) is 0. The molecule has 1 aliphatic rings. The highest BCUT2D eigenvalue weighted by Crippen LogP contribution is 2.17. The molecule has 1 saturated heterocycles. The van der Waals surface area contributed by atoms with Crippen LogP contribution in [0.1, 0.15) is 19.8 Å². The third kappa shape index (κ3) is 4.54. The molecule has 1 fully saturated rings. The van der Waals surface area contributed by atoms with Gasteiger partial charge in [0.25, 0.3) is 0 Å². The van der Waals surface area contributed by atoms with Crippen LogP contribution in [0.2, 0.25) is 0 Å². The Hall–Kier alpha value is -0.160. The van der Waals surface area contributed by atoms with Crippen LogP contribution in [0.3, 0.4) is 0 Å². The van der Waals surface area contributed by atoms with Crippen molar-refractivity contribution in [3.63, 3.8) is 0 Å². The van der Waals surface area contributed by atoms with Crippen molar-refractivity contribution < 1.29 is 4.74 Å². The monoisotopic (exact) mass is 243 g/mol. The highest BCUT2D eigenvalue weighted by atomic mass is 16.5. The van der Waals surface area contributed by atoms with Gasteiger partial charge in [-0.1, -0.05) is 6.92 Å². The number of likely N-dealkylation sites (N-methyl/N-ethyl adjacent to an activating group) is 2. The van der Waals surface area contributed by atoms with Crippen molar-refractivity contribution in [2.24, 2.45) is 11.7 Å². The molecule has 3 unspecified atom stereocenters. The maximum absolute atomic E-state index is 6.43. The lowest BCUT2D eigenvalue weighted by Gasteiger charge is -2.35. The van der Waals surface area contributed by atoms with Crippen molar-refractivity contribution in [1.82, 2.24) is 9.80 Å². The molecular weight excluding hydrogens is 214 g/mol. The molecule has 0 amide bonds. The van der Waals surface area contributed by atoms with E-state index in [-0.39, 0.29) is 6.04 Å². The van der Waals surface area contributed by atoms with Crippen LogP contribution in [0, 0.1) is 5.92 Å². The second-order valence-electron chi connectivity index (χ2n) is 5.50. The Labute approximate surface area is 106 Å². The van der Waals surface area contributed by atoms with Gasteiger partial charge in [0.2, 0.25) is 0 Å². The van der Waals surface area contributed by atoms with Crippen molar-refractivity contribution in [3.8, 4) is 0 Å². The zero-order valence-electron chi connectivity index (χ0n) is 11.9. The molecule has 0 aromatic rings. The van der Waals surface area contributed by atoms with Gasteiger partial charge in [-0.15, -0.1) is 0 Å². The van der Waals surface area contributed by atoms with Crippen LogP contribution in [-0.2, 0) is 4.74 Å². The summed E-state index contributed by atoms with van der Waals surface area (Å²) >= 11 is 0. The Morgan fingerprint density at radius 3 is 2.71 bits per heavy atom. The van der Waals surface area contributed by atoms with Crippen LogP contribution in [0.25, 0.3) is 0 Å². The first-order chi connectivity index (χ1) is 8.06. The number of ether oxygens (including phenoxy) is 1. The number of rotatable bonds is 5. The molecule has 3 atom stereocenters. The molecule has 0 aliphatic carbocycles. The minimum atomic E-state index is 0.232. The van der Waals surface area contributed by atoms with Gasteiger partial charge in [0.1, 0.15) is 0 Å². The second kappa shape index (κ2) is 7.31. The quantitative estimate of drug-likeness (QED) is 0.769. The minimum absolute atomic E-state index is 0.232. The molecule has 2 N–H and O–H groups in total. The van der Waals surface area contributed by atoms with E-state index in [4.69, 9.17) is 10.5 Å². The number of methoxy groups -OCH3 is 1. The van der Waals surface area contributed by atoms with E-state index >= 15 is 0 Å². The van der Waals surface area contributed by atoms with Crippen molar-refractivity contribution in [2.75, 3.05) is 47.4 Å². The molecule has 0 aromatic carbocycles. The minimum Gasteiger partial charge on any atom is -0.385 e. The van der Waals surface area contributed by atoms with E-state index in [1.54, 1.807) is 7.11 Å². The summed E-state index contributed by atoms with van der Waals surface area (Å²) < 4.78 is 5.14. The van der Waals surface area contributed by atoms with Gasteiger partial charge in [0.15, 0.2) is 0 Å². The van der Waals surface area contributed by atoms with Crippen LogP contribution in [0.4, 0.5) is 0 Å². The molecular formula is C13H29N3O. The maximum atomic E-state index is 6.43. The average molecular weight is 243 g/mol. The molecule has 1 rings (SSSR count). The Morgan fingerprint density at radius 2 is 2.06 bits per heavy atom. The van der Waals surface area contributed by atoms with Gasteiger partial charge in [-0.3, -0.25) is 0 Å². The highest BCUT2D eigenvalue weighted by molar-refractivity contribution is 4.88. The fraction of sp³-hybridized carbons (Fsp3) is 1.00. The zero-order valence-corrected chi connectivity index (χ0v) is 11.9. The van der Waals surface area contributed by atoms with Gasteiger partial charge < -0.3 is 20.3 Å². The van der Waals surface area contributed by atoms with Crippen molar-refractivity contribution in [1.29, 1.82) is 0 Å². The summed E-state index contributed by atoms with van der Waals surface area (Å²) in [5.41, 5.74) is 6.43. The van der Waals surface area contributed by atoms with Gasteiger partial charge in [-0.2, -0.15) is 0 Å². The maximum Gasteiger partial charge on any atom is 0.0465 e. The molecule has 0 radical (unpaired) electrons. The first-order valence-corrected chi connectivity index (χ1v) is 6.69. The number of nitrogens with two attached hydrogens (primary N) is 1. The van der Waals surface area contributed by atoms with Crippen LogP contribution in [0.15, 0.2) is 0 Å². The fourth-order valence-corrected chi connectivity index (χ4v) is 2.60. The van der Waals surface area contributed by atoms with Crippen LogP contribution in [0.5, 0.6) is 0 Å². The first kappa shape index (κ1) is 14.9. The van der Waals surface area contributed by atoms with Crippen molar-refractivity contribution in [3.05, 3.63) is 0 Å². The van der Waals surface area contributed by atoms with E-state index in [9.17, 15) is 0 Å². The number of hydrogen-bond donors (Lipinski definition) is 1. The SMILES string of the molecule is COCCC(C)C(N)C1CN(C)CCCN1C. The summed E-state index contributed by atoms with van der Waals surface area (Å²) in [7, 11) is 6.15. The van der Waals surface area contributed by atoms with Crippen molar-refractivity contribution in [2.45, 2.75) is 31.8 Å². The predicted octanol–water partition coefficient (Wildman–Crippen LogP) is 0.622. The molecule has 4 nitrogen and oxygen atoms in total. The highest BCUT2D eigenvalue weighted by Gasteiger charge is 2.29. The average Bonchev–Trinajstić information content (AvgIpc) is 2.47. The lowest BCUT2D eigenvalue weighted by atomic mass is 9.92. The summed E-state index contributed by atoms with van der Waals surface area (Å²) in [5.74, 6) is 0.508. The van der Waals surface area contributed by atoms with Crippen LogP contribution in [-0.4, -0.2) is 69.3 Å². The van der Waals surface area contributed by atoms with Crippen LogP contribution >= 0.6 is 0 Å². The first-order valence-electron chi connectivity index (χ1n) is 6.69. The smallest absolute Gasteiger partial charge is 0.0465 e. The summed E-state index contributed by atoms with van der Waals surface area (Å²) in [6.07, 6.45) is 2.29. The largest absolute Gasteiger partial charge is 0.385 e. The topological polar surface area (TPSA) is 41.7 Å². The third-order valence-electron chi connectivity index (χ3n) is 3.99. The number of nitrogens with zero attached hydrogens (tertiary/aromatic N) is 2. The van der Waals surface area contributed by atoms with Gasteiger partial charge in [-0.05, 0) is 45.9 Å². The predicted molar refractivity (Wildman–Crippen MR) is 72.2 cm³/mol. The molecule has 0 bridgehead atoms. The van der Waals surface area contributed by atoms with Crippen molar-refractivity contribution >= 4 is 0 Å². The summed E-state index contributed by atoms with van der Waals surface area (Å²) in [4.78, 5) is 4.83. The molecule has 0 aromatic heterocycles. The summed E-state index contributed by atoms with van der Waals surface area (Å²) in [6.45, 7) is 6.46. The van der Waals surface area contributed by atoms with E-state index in [1.165, 1.54) is 13.0 Å². The van der Waals surface area contributed by atoms with E-state index in [2.05, 4.69) is 30.8 Å². The Kier molecular flexibility index (Phi) is 6.41. The molecule has 1 heterocycles. The normalized spacial score (nSPS) is 27.7. The molecule has 102 valence electrons. The second-order valence-corrected chi connectivity index (χ2v) is 5.50. The van der Waals surface area contributed by atoms with Gasteiger partial charge >= 0.3 is 0 Å². The number of hydrogen-bond acceptors (Lipinski definition) is 4. The Balaban J connectivity index is 2.54. The van der Waals surface area contributed by atoms with E-state index in [0.717, 1.165) is 26.1 Å². The summed E-state index contributed by atoms with van der Waals surface area (Å²) in [6, 6.07) is 0.699. The Bertz CT molecular complexity index is 213. The molecule has 0 saturated carbocycles. The molecule has 17 heavy (non-hydrogen) atoms. The zero-order chi connectivity index (χ0) is 12.8. The standard InChI is InChI=1S/C13H29N3O/c1-11(6-9-17-4)13(14)12-10-15(2)7-5-8-16(12)3/h11-13H,5-10,14H2,1-4H3.